The number of carbonyl (C=O) groups excluding carboxylic acids is 3. The molecule has 1 amide bonds. The van der Waals surface area contributed by atoms with E-state index in [-0.39, 0.29) is 13.0 Å². The van der Waals surface area contributed by atoms with Crippen LogP contribution in [0.5, 0.6) is 0 Å². The second kappa shape index (κ2) is 8.81. The van der Waals surface area contributed by atoms with Crippen molar-refractivity contribution in [2.75, 3.05) is 19.0 Å². The molecule has 3 aromatic rings. The van der Waals surface area contributed by atoms with Crippen molar-refractivity contribution in [2.24, 2.45) is 0 Å². The minimum absolute atomic E-state index is 0.0858. The second-order valence-corrected chi connectivity index (χ2v) is 6.09. The molecule has 0 saturated carbocycles. The highest BCUT2D eigenvalue weighted by atomic mass is 16.5. The van der Waals surface area contributed by atoms with Gasteiger partial charge in [0, 0.05) is 5.69 Å². The van der Waals surface area contributed by atoms with Crippen molar-refractivity contribution in [3.05, 3.63) is 77.9 Å². The zero-order valence-electron chi connectivity index (χ0n) is 15.3. The summed E-state index contributed by atoms with van der Waals surface area (Å²) in [5.74, 6) is -1.40. The van der Waals surface area contributed by atoms with E-state index in [2.05, 4.69) is 10.1 Å². The maximum atomic E-state index is 12.1. The van der Waals surface area contributed by atoms with Gasteiger partial charge in [-0.15, -0.1) is 0 Å². The quantitative estimate of drug-likeness (QED) is 0.666. The van der Waals surface area contributed by atoms with Gasteiger partial charge in [-0.1, -0.05) is 42.5 Å². The number of carbonyl (C=O) groups is 3. The number of hydrogen-bond donors (Lipinski definition) is 1. The number of anilines is 1. The molecule has 0 heterocycles. The highest BCUT2D eigenvalue weighted by Gasteiger charge is 2.11. The van der Waals surface area contributed by atoms with Gasteiger partial charge in [0.05, 0.1) is 19.1 Å². The summed E-state index contributed by atoms with van der Waals surface area (Å²) in [7, 11) is 1.30. The van der Waals surface area contributed by atoms with Crippen LogP contribution in [0.15, 0.2) is 66.7 Å². The van der Waals surface area contributed by atoms with E-state index in [4.69, 9.17) is 4.74 Å². The van der Waals surface area contributed by atoms with Crippen molar-refractivity contribution in [2.45, 2.75) is 6.42 Å². The van der Waals surface area contributed by atoms with Crippen molar-refractivity contribution in [3.63, 3.8) is 0 Å². The number of methoxy groups -OCH3 is 1. The molecule has 0 fully saturated rings. The van der Waals surface area contributed by atoms with Gasteiger partial charge in [0.15, 0.2) is 6.61 Å². The molecule has 3 aromatic carbocycles. The van der Waals surface area contributed by atoms with Gasteiger partial charge in [0.1, 0.15) is 0 Å². The lowest BCUT2D eigenvalue weighted by Crippen LogP contribution is -2.21. The number of nitrogens with one attached hydrogen (secondary N) is 1. The van der Waals surface area contributed by atoms with Crippen molar-refractivity contribution in [1.29, 1.82) is 0 Å². The monoisotopic (exact) mass is 377 g/mol. The normalized spacial score (nSPS) is 10.3. The molecule has 6 heteroatoms. The highest BCUT2D eigenvalue weighted by molar-refractivity contribution is 5.95. The second-order valence-electron chi connectivity index (χ2n) is 6.09. The fourth-order valence-corrected chi connectivity index (χ4v) is 2.80. The van der Waals surface area contributed by atoms with Crippen molar-refractivity contribution >= 4 is 34.3 Å². The molecule has 6 nitrogen and oxygen atoms in total. The molecule has 0 unspecified atom stereocenters. The average Bonchev–Trinajstić information content (AvgIpc) is 2.72. The molecule has 0 bridgehead atoms. The number of fused-ring (bicyclic) bond motifs is 1. The number of amides is 1. The molecule has 0 aliphatic carbocycles. The van der Waals surface area contributed by atoms with Gasteiger partial charge in [-0.25, -0.2) is 4.79 Å². The SMILES string of the molecule is COC(=O)c1ccc(NC(=O)COC(=O)Cc2cccc3ccccc23)cc1. The zero-order valence-corrected chi connectivity index (χ0v) is 15.3. The molecule has 28 heavy (non-hydrogen) atoms. The van der Waals surface area contributed by atoms with E-state index in [1.54, 1.807) is 12.1 Å². The molecule has 0 aliphatic heterocycles. The Morgan fingerprint density at radius 2 is 1.61 bits per heavy atom. The maximum Gasteiger partial charge on any atom is 0.337 e. The van der Waals surface area contributed by atoms with E-state index in [0.29, 0.717) is 11.3 Å². The first-order valence-corrected chi connectivity index (χ1v) is 8.67. The zero-order chi connectivity index (χ0) is 19.9. The molecular weight excluding hydrogens is 358 g/mol. The summed E-state index contributed by atoms with van der Waals surface area (Å²) in [6.07, 6.45) is 0.0858. The summed E-state index contributed by atoms with van der Waals surface area (Å²) < 4.78 is 9.70. The molecule has 0 aromatic heterocycles. The highest BCUT2D eigenvalue weighted by Crippen LogP contribution is 2.19. The largest absolute Gasteiger partial charge is 0.465 e. The Labute approximate surface area is 162 Å². The summed E-state index contributed by atoms with van der Waals surface area (Å²) >= 11 is 0. The third kappa shape index (κ3) is 4.73. The van der Waals surface area contributed by atoms with Crippen LogP contribution in [-0.4, -0.2) is 31.6 Å². The van der Waals surface area contributed by atoms with Gasteiger partial charge in [-0.2, -0.15) is 0 Å². The molecule has 142 valence electrons. The smallest absolute Gasteiger partial charge is 0.337 e. The summed E-state index contributed by atoms with van der Waals surface area (Å²) in [6, 6.07) is 19.7. The topological polar surface area (TPSA) is 81.7 Å². The van der Waals surface area contributed by atoms with E-state index in [0.717, 1.165) is 16.3 Å². The van der Waals surface area contributed by atoms with E-state index < -0.39 is 17.8 Å². The van der Waals surface area contributed by atoms with Gasteiger partial charge in [0.2, 0.25) is 0 Å². The van der Waals surface area contributed by atoms with Crippen LogP contribution in [0.25, 0.3) is 10.8 Å². The third-order valence-corrected chi connectivity index (χ3v) is 4.17. The van der Waals surface area contributed by atoms with Crippen LogP contribution in [0.3, 0.4) is 0 Å². The van der Waals surface area contributed by atoms with Crippen LogP contribution in [-0.2, 0) is 25.5 Å². The Hall–Kier alpha value is -3.67. The summed E-state index contributed by atoms with van der Waals surface area (Å²) in [5.41, 5.74) is 1.71. The van der Waals surface area contributed by atoms with E-state index >= 15 is 0 Å². The summed E-state index contributed by atoms with van der Waals surface area (Å²) in [5, 5.41) is 4.63. The van der Waals surface area contributed by atoms with Crippen LogP contribution < -0.4 is 5.32 Å². The Kier molecular flexibility index (Phi) is 6.01. The Bertz CT molecular complexity index is 1010. The van der Waals surface area contributed by atoms with Gasteiger partial charge in [0.25, 0.3) is 5.91 Å². The van der Waals surface area contributed by atoms with Crippen molar-refractivity contribution in [3.8, 4) is 0 Å². The predicted molar refractivity (Wildman–Crippen MR) is 105 cm³/mol. The molecule has 0 saturated heterocycles. The fourth-order valence-electron chi connectivity index (χ4n) is 2.80. The summed E-state index contributed by atoms with van der Waals surface area (Å²) in [4.78, 5) is 35.5. The van der Waals surface area contributed by atoms with Crippen LogP contribution in [0.2, 0.25) is 0 Å². The van der Waals surface area contributed by atoms with Crippen LogP contribution >= 0.6 is 0 Å². The van der Waals surface area contributed by atoms with E-state index in [1.165, 1.54) is 19.2 Å². The number of ether oxygens (including phenoxy) is 2. The van der Waals surface area contributed by atoms with Crippen molar-refractivity contribution in [1.82, 2.24) is 0 Å². The molecular formula is C22H19NO5. The molecule has 0 spiro atoms. The first kappa shape index (κ1) is 19.1. The van der Waals surface area contributed by atoms with Gasteiger partial charge >= 0.3 is 11.9 Å². The van der Waals surface area contributed by atoms with Crippen LogP contribution in [0, 0.1) is 0 Å². The lowest BCUT2D eigenvalue weighted by Gasteiger charge is -2.08. The minimum atomic E-state index is -0.479. The van der Waals surface area contributed by atoms with E-state index in [1.807, 2.05) is 42.5 Å². The predicted octanol–water partition coefficient (Wildman–Crippen LogP) is 3.35. The minimum Gasteiger partial charge on any atom is -0.465 e. The van der Waals surface area contributed by atoms with Gasteiger partial charge < -0.3 is 14.8 Å². The van der Waals surface area contributed by atoms with E-state index in [9.17, 15) is 14.4 Å². The molecule has 1 N–H and O–H groups in total. The molecule has 0 aliphatic rings. The number of rotatable bonds is 6. The lowest BCUT2D eigenvalue weighted by molar-refractivity contribution is -0.146. The van der Waals surface area contributed by atoms with Gasteiger partial charge in [-0.05, 0) is 40.6 Å². The van der Waals surface area contributed by atoms with Crippen LogP contribution in [0.1, 0.15) is 15.9 Å². The standard InChI is InChI=1S/C22H19NO5/c1-27-22(26)16-9-11-18(12-10-16)23-20(24)14-28-21(25)13-17-7-4-6-15-5-2-3-8-19(15)17/h2-12H,13-14H2,1H3,(H,23,24). The Morgan fingerprint density at radius 3 is 2.36 bits per heavy atom. The first-order valence-electron chi connectivity index (χ1n) is 8.67. The van der Waals surface area contributed by atoms with Gasteiger partial charge in [-0.3, -0.25) is 9.59 Å². The Morgan fingerprint density at radius 1 is 0.893 bits per heavy atom. The molecule has 0 atom stereocenters. The number of esters is 2. The molecule has 3 rings (SSSR count). The molecule has 0 radical (unpaired) electrons. The average molecular weight is 377 g/mol. The number of hydrogen-bond acceptors (Lipinski definition) is 5. The maximum absolute atomic E-state index is 12.1. The van der Waals surface area contributed by atoms with Crippen LogP contribution in [0.4, 0.5) is 5.69 Å². The fraction of sp³-hybridized carbons (Fsp3) is 0.136. The Balaban J connectivity index is 1.53. The first-order chi connectivity index (χ1) is 13.6. The lowest BCUT2D eigenvalue weighted by atomic mass is 10.0. The third-order valence-electron chi connectivity index (χ3n) is 4.17. The summed E-state index contributed by atoms with van der Waals surface area (Å²) in [6.45, 7) is -0.387. The van der Waals surface area contributed by atoms with Crippen molar-refractivity contribution < 1.29 is 23.9 Å². The number of benzene rings is 3.